The van der Waals surface area contributed by atoms with Crippen LogP contribution in [-0.4, -0.2) is 29.0 Å². The number of hydrogen-bond acceptors (Lipinski definition) is 4. The number of nitrogens with one attached hydrogen (secondary N) is 1. The molecular weight excluding hydrogens is 282 g/mol. The molecule has 2 atom stereocenters. The number of aromatic nitrogens is 2. The highest BCUT2D eigenvalue weighted by molar-refractivity contribution is 7.99. The van der Waals surface area contributed by atoms with Crippen LogP contribution in [0, 0.1) is 0 Å². The molecule has 4 nitrogen and oxygen atoms in total. The van der Waals surface area contributed by atoms with Crippen molar-refractivity contribution in [2.75, 3.05) is 14.2 Å². The Hall–Kier alpha value is -1.46. The maximum Gasteiger partial charge on any atom is 0.168 e. The molecule has 0 saturated carbocycles. The number of hydrogen-bond donors (Lipinski definition) is 1. The summed E-state index contributed by atoms with van der Waals surface area (Å²) < 4.78 is 7.42. The minimum atomic E-state index is 0.348. The normalized spacial score (nSPS) is 21.1. The van der Waals surface area contributed by atoms with Crippen molar-refractivity contribution in [2.24, 2.45) is 7.05 Å². The highest BCUT2D eigenvalue weighted by Crippen LogP contribution is 2.40. The third-order valence-electron chi connectivity index (χ3n) is 4.10. The molecule has 0 saturated heterocycles. The van der Waals surface area contributed by atoms with Crippen molar-refractivity contribution < 1.29 is 4.74 Å². The molecule has 0 amide bonds. The van der Waals surface area contributed by atoms with E-state index in [0.29, 0.717) is 11.3 Å². The van der Waals surface area contributed by atoms with E-state index in [9.17, 15) is 0 Å². The van der Waals surface area contributed by atoms with Crippen molar-refractivity contribution in [3.8, 4) is 5.75 Å². The van der Waals surface area contributed by atoms with Crippen LogP contribution in [0.4, 0.5) is 0 Å². The van der Waals surface area contributed by atoms with E-state index in [4.69, 9.17) is 4.74 Å². The molecule has 2 aromatic rings. The first-order valence-electron chi connectivity index (χ1n) is 7.21. The first kappa shape index (κ1) is 14.5. The molecule has 1 aromatic heterocycles. The van der Waals surface area contributed by atoms with E-state index in [0.717, 1.165) is 23.7 Å². The maximum atomic E-state index is 5.34. The second-order valence-corrected chi connectivity index (χ2v) is 6.55. The van der Waals surface area contributed by atoms with Crippen molar-refractivity contribution in [1.82, 2.24) is 14.9 Å². The van der Waals surface area contributed by atoms with Gasteiger partial charge in [-0.2, -0.15) is 0 Å². The number of nitrogens with zero attached hydrogens (tertiary/aromatic N) is 2. The Labute approximate surface area is 129 Å². The Kier molecular flexibility index (Phi) is 4.22. The van der Waals surface area contributed by atoms with Gasteiger partial charge in [-0.05, 0) is 43.1 Å². The highest BCUT2D eigenvalue weighted by atomic mass is 32.2. The third kappa shape index (κ3) is 2.80. The maximum absolute atomic E-state index is 5.34. The van der Waals surface area contributed by atoms with Crippen molar-refractivity contribution >= 4 is 11.8 Å². The summed E-state index contributed by atoms with van der Waals surface area (Å²) in [5.74, 6) is 0.943. The van der Waals surface area contributed by atoms with Crippen molar-refractivity contribution in [1.29, 1.82) is 0 Å². The fraction of sp³-hybridized carbons (Fsp3) is 0.438. The predicted molar refractivity (Wildman–Crippen MR) is 86.0 cm³/mol. The van der Waals surface area contributed by atoms with Crippen LogP contribution in [0.3, 0.4) is 0 Å². The standard InChI is InChI=1S/C16H21N3OS/c1-17-15-13-6-5-12(20-3)10-11(13)4-7-14(15)21-16-18-8-9-19(16)2/h5-6,8-10,14-15,17H,4,7H2,1-3H3. The van der Waals surface area contributed by atoms with Gasteiger partial charge in [-0.25, -0.2) is 4.98 Å². The van der Waals surface area contributed by atoms with Gasteiger partial charge in [0.15, 0.2) is 5.16 Å². The van der Waals surface area contributed by atoms with Crippen LogP contribution >= 0.6 is 11.8 Å². The lowest BCUT2D eigenvalue weighted by Crippen LogP contribution is -2.32. The van der Waals surface area contributed by atoms with Crippen LogP contribution < -0.4 is 10.1 Å². The Morgan fingerprint density at radius 3 is 2.95 bits per heavy atom. The summed E-state index contributed by atoms with van der Waals surface area (Å²) >= 11 is 1.86. The zero-order valence-corrected chi connectivity index (χ0v) is 13.5. The molecule has 0 fully saturated rings. The first-order chi connectivity index (χ1) is 10.2. The fourth-order valence-corrected chi connectivity index (χ4v) is 4.24. The molecule has 1 aliphatic rings. The van der Waals surface area contributed by atoms with Crippen LogP contribution in [-0.2, 0) is 13.5 Å². The van der Waals surface area contributed by atoms with Gasteiger partial charge in [0.05, 0.1) is 7.11 Å². The van der Waals surface area contributed by atoms with Crippen molar-refractivity contribution in [3.05, 3.63) is 41.7 Å². The zero-order valence-electron chi connectivity index (χ0n) is 12.7. The van der Waals surface area contributed by atoms with E-state index in [2.05, 4.69) is 33.1 Å². The van der Waals surface area contributed by atoms with Gasteiger partial charge in [0.1, 0.15) is 5.75 Å². The Morgan fingerprint density at radius 1 is 1.43 bits per heavy atom. The van der Waals surface area contributed by atoms with Crippen LogP contribution in [0.5, 0.6) is 5.75 Å². The summed E-state index contributed by atoms with van der Waals surface area (Å²) in [6.45, 7) is 0. The Bertz CT molecular complexity index is 626. The number of thioether (sulfide) groups is 1. The summed E-state index contributed by atoms with van der Waals surface area (Å²) in [6, 6.07) is 6.76. The van der Waals surface area contributed by atoms with E-state index in [1.54, 1.807) is 7.11 Å². The van der Waals surface area contributed by atoms with Gasteiger partial charge in [0.25, 0.3) is 0 Å². The largest absolute Gasteiger partial charge is 0.497 e. The van der Waals surface area contributed by atoms with Crippen LogP contribution in [0.25, 0.3) is 0 Å². The Morgan fingerprint density at radius 2 is 2.29 bits per heavy atom. The number of imidazole rings is 1. The average Bonchev–Trinajstić information content (AvgIpc) is 2.91. The topological polar surface area (TPSA) is 39.1 Å². The summed E-state index contributed by atoms with van der Waals surface area (Å²) in [5.41, 5.74) is 2.78. The summed E-state index contributed by atoms with van der Waals surface area (Å²) in [5, 5.41) is 5.06. The number of methoxy groups -OCH3 is 1. The van der Waals surface area contributed by atoms with E-state index in [-0.39, 0.29) is 0 Å². The van der Waals surface area contributed by atoms with E-state index in [1.807, 2.05) is 38.3 Å². The average molecular weight is 303 g/mol. The molecule has 1 aromatic carbocycles. The molecule has 3 rings (SSSR count). The van der Waals surface area contributed by atoms with Crippen LogP contribution in [0.2, 0.25) is 0 Å². The number of aryl methyl sites for hydroxylation is 2. The molecule has 21 heavy (non-hydrogen) atoms. The monoisotopic (exact) mass is 303 g/mol. The van der Waals surface area contributed by atoms with Gasteiger partial charge in [-0.1, -0.05) is 17.8 Å². The van der Waals surface area contributed by atoms with Crippen molar-refractivity contribution in [3.63, 3.8) is 0 Å². The molecule has 0 radical (unpaired) electrons. The van der Waals surface area contributed by atoms with Gasteiger partial charge in [-0.15, -0.1) is 0 Å². The molecule has 0 bridgehead atoms. The quantitative estimate of drug-likeness (QED) is 0.943. The molecule has 5 heteroatoms. The first-order valence-corrected chi connectivity index (χ1v) is 8.09. The summed E-state index contributed by atoms with van der Waals surface area (Å²) in [6.07, 6.45) is 6.09. The molecule has 1 N–H and O–H groups in total. The molecule has 1 heterocycles. The van der Waals surface area contributed by atoms with Crippen molar-refractivity contribution in [2.45, 2.75) is 29.3 Å². The van der Waals surface area contributed by atoms with Crippen LogP contribution in [0.1, 0.15) is 23.6 Å². The minimum absolute atomic E-state index is 0.348. The lowest BCUT2D eigenvalue weighted by Gasteiger charge is -2.33. The van der Waals surface area contributed by atoms with Gasteiger partial charge in [-0.3, -0.25) is 0 Å². The lowest BCUT2D eigenvalue weighted by molar-refractivity contribution is 0.412. The minimum Gasteiger partial charge on any atom is -0.497 e. The van der Waals surface area contributed by atoms with Gasteiger partial charge in [0.2, 0.25) is 0 Å². The number of fused-ring (bicyclic) bond motifs is 1. The van der Waals surface area contributed by atoms with E-state index >= 15 is 0 Å². The second kappa shape index (κ2) is 6.12. The summed E-state index contributed by atoms with van der Waals surface area (Å²) in [4.78, 5) is 4.44. The summed E-state index contributed by atoms with van der Waals surface area (Å²) in [7, 11) is 5.81. The van der Waals surface area contributed by atoms with E-state index < -0.39 is 0 Å². The zero-order chi connectivity index (χ0) is 14.8. The highest BCUT2D eigenvalue weighted by Gasteiger charge is 2.30. The molecule has 112 valence electrons. The third-order valence-corrected chi connectivity index (χ3v) is 5.51. The second-order valence-electron chi connectivity index (χ2n) is 5.35. The molecule has 0 spiro atoms. The SMILES string of the molecule is CNC1c2ccc(OC)cc2CCC1Sc1nccn1C. The smallest absolute Gasteiger partial charge is 0.168 e. The van der Waals surface area contributed by atoms with Gasteiger partial charge >= 0.3 is 0 Å². The number of ether oxygens (including phenoxy) is 1. The molecule has 0 aliphatic heterocycles. The lowest BCUT2D eigenvalue weighted by atomic mass is 9.87. The number of benzene rings is 1. The fourth-order valence-electron chi connectivity index (χ4n) is 2.96. The van der Waals surface area contributed by atoms with Gasteiger partial charge in [0, 0.05) is 30.7 Å². The van der Waals surface area contributed by atoms with Crippen LogP contribution in [0.15, 0.2) is 35.7 Å². The van der Waals surface area contributed by atoms with Gasteiger partial charge < -0.3 is 14.6 Å². The molecular formula is C16H21N3OS. The van der Waals surface area contributed by atoms with E-state index in [1.165, 1.54) is 11.1 Å². The number of rotatable bonds is 4. The predicted octanol–water partition coefficient (Wildman–Crippen LogP) is 2.80. The molecule has 2 unspecified atom stereocenters. The Balaban J connectivity index is 1.86. The molecule has 1 aliphatic carbocycles.